The Labute approximate surface area is 169 Å². The van der Waals surface area contributed by atoms with Crippen LogP contribution in [0, 0.1) is 0 Å². The molecule has 24 heavy (non-hydrogen) atoms. The van der Waals surface area contributed by atoms with Crippen molar-refractivity contribution in [3.8, 4) is 11.5 Å². The van der Waals surface area contributed by atoms with Crippen LogP contribution in [-0.2, 0) is 11.3 Å². The van der Waals surface area contributed by atoms with Gasteiger partial charge in [0.15, 0.2) is 0 Å². The van der Waals surface area contributed by atoms with E-state index in [1.165, 1.54) is 0 Å². The van der Waals surface area contributed by atoms with Gasteiger partial charge in [-0.25, -0.2) is 0 Å². The molecule has 0 saturated heterocycles. The van der Waals surface area contributed by atoms with Crippen LogP contribution >= 0.6 is 47.8 Å². The first-order valence-electron chi connectivity index (χ1n) is 7.66. The van der Waals surface area contributed by atoms with Gasteiger partial charge >= 0.3 is 0 Å². The molecule has 4 nitrogen and oxygen atoms in total. The Bertz CT molecular complexity index is 581. The smallest absolute Gasteiger partial charge is 0.136 e. The molecule has 134 valence electrons. The summed E-state index contributed by atoms with van der Waals surface area (Å²) in [5.74, 6) is 1.66. The molecule has 0 aliphatic carbocycles. The van der Waals surface area contributed by atoms with E-state index < -0.39 is 0 Å². The fraction of sp³-hybridized carbons (Fsp3) is 0.471. The van der Waals surface area contributed by atoms with Gasteiger partial charge in [-0.15, -0.1) is 0 Å². The number of aryl methyl sites for hydroxylation is 1. The van der Waals surface area contributed by atoms with Gasteiger partial charge in [-0.3, -0.25) is 0 Å². The maximum Gasteiger partial charge on any atom is 0.136 e. The highest BCUT2D eigenvalue weighted by atomic mass is 79.9. The van der Waals surface area contributed by atoms with E-state index in [-0.39, 0.29) is 0 Å². The Morgan fingerprint density at radius 2 is 1.92 bits per heavy atom. The number of oxime groups is 1. The predicted molar refractivity (Wildman–Crippen MR) is 110 cm³/mol. The summed E-state index contributed by atoms with van der Waals surface area (Å²) < 4.78 is 13.4. The van der Waals surface area contributed by atoms with Crippen LogP contribution in [0.25, 0.3) is 0 Å². The molecule has 0 spiro atoms. The Hall–Kier alpha value is -0.530. The molecule has 1 aromatic carbocycles. The maximum atomic E-state index is 5.91. The van der Waals surface area contributed by atoms with Crippen LogP contribution in [0.3, 0.4) is 0 Å². The second-order valence-corrected chi connectivity index (χ2v) is 8.75. The summed E-state index contributed by atoms with van der Waals surface area (Å²) in [7, 11) is 0. The highest BCUT2D eigenvalue weighted by Crippen LogP contribution is 2.34. The maximum absolute atomic E-state index is 5.91. The van der Waals surface area contributed by atoms with Crippen molar-refractivity contribution in [3.05, 3.63) is 31.6 Å². The first kappa shape index (κ1) is 21.5. The summed E-state index contributed by atoms with van der Waals surface area (Å²) in [6.45, 7) is 7.49. The number of hydrogen-bond donors (Lipinski definition) is 0. The zero-order valence-electron chi connectivity index (χ0n) is 14.1. The molecule has 0 atom stereocenters. The van der Waals surface area contributed by atoms with Gasteiger partial charge in [0.05, 0.1) is 20.2 Å². The average Bonchev–Trinajstić information content (AvgIpc) is 2.51. The highest BCUT2D eigenvalue weighted by molar-refractivity contribution is 9.28. The zero-order chi connectivity index (χ0) is 17.9. The van der Waals surface area contributed by atoms with Gasteiger partial charge in [0.25, 0.3) is 0 Å². The third-order valence-electron chi connectivity index (χ3n) is 2.84. The van der Waals surface area contributed by atoms with E-state index in [9.17, 15) is 0 Å². The summed E-state index contributed by atoms with van der Waals surface area (Å²) in [4.78, 5) is 5.17. The molecule has 0 amide bonds. The lowest BCUT2D eigenvalue weighted by atomic mass is 10.1. The average molecular weight is 528 g/mol. The van der Waals surface area contributed by atoms with Crippen molar-refractivity contribution in [2.75, 3.05) is 19.8 Å². The van der Waals surface area contributed by atoms with Crippen molar-refractivity contribution in [2.24, 2.45) is 5.16 Å². The van der Waals surface area contributed by atoms with Gasteiger partial charge in [-0.2, -0.15) is 0 Å². The number of nitrogens with zero attached hydrogens (tertiary/aromatic N) is 1. The van der Waals surface area contributed by atoms with E-state index in [1.54, 1.807) is 0 Å². The fourth-order valence-corrected chi connectivity index (χ4v) is 2.66. The molecule has 1 aromatic rings. The standard InChI is InChI=1S/C17H22Br3NO3/c1-4-13-10-14(22-9-6-16(19)20)11-15(18)17(13)23-7-5-8-24-21-12(2)3/h6,10-11H,4-5,7-9H2,1-3H3. The molecule has 0 aliphatic rings. The Morgan fingerprint density at radius 1 is 1.17 bits per heavy atom. The summed E-state index contributed by atoms with van der Waals surface area (Å²) in [6.07, 6.45) is 3.53. The van der Waals surface area contributed by atoms with E-state index >= 15 is 0 Å². The van der Waals surface area contributed by atoms with Gasteiger partial charge in [-0.05, 0) is 91.8 Å². The lowest BCUT2D eigenvalue weighted by Crippen LogP contribution is -2.05. The fourth-order valence-electron chi connectivity index (χ4n) is 1.80. The van der Waals surface area contributed by atoms with E-state index in [0.717, 1.165) is 43.5 Å². The quantitative estimate of drug-likeness (QED) is 0.206. The van der Waals surface area contributed by atoms with Gasteiger partial charge in [-0.1, -0.05) is 12.1 Å². The second kappa shape index (κ2) is 11.9. The summed E-state index contributed by atoms with van der Waals surface area (Å²) in [6, 6.07) is 3.93. The molecule has 7 heteroatoms. The van der Waals surface area contributed by atoms with Crippen molar-refractivity contribution < 1.29 is 14.3 Å². The molecule has 0 N–H and O–H groups in total. The number of rotatable bonds is 10. The minimum absolute atomic E-state index is 0.482. The molecule has 0 heterocycles. The van der Waals surface area contributed by atoms with Crippen LogP contribution in [-0.4, -0.2) is 25.5 Å². The first-order valence-corrected chi connectivity index (χ1v) is 10.0. The monoisotopic (exact) mass is 525 g/mol. The van der Waals surface area contributed by atoms with Crippen LogP contribution in [0.5, 0.6) is 11.5 Å². The minimum atomic E-state index is 0.482. The molecular formula is C17H22Br3NO3. The van der Waals surface area contributed by atoms with Crippen molar-refractivity contribution in [2.45, 2.75) is 33.6 Å². The van der Waals surface area contributed by atoms with E-state index in [0.29, 0.717) is 19.8 Å². The van der Waals surface area contributed by atoms with Crippen LogP contribution < -0.4 is 9.47 Å². The number of hydrogen-bond acceptors (Lipinski definition) is 4. The summed E-state index contributed by atoms with van der Waals surface area (Å²) in [5, 5.41) is 3.90. The molecule has 0 aromatic heterocycles. The normalized spacial score (nSPS) is 10.1. The van der Waals surface area contributed by atoms with Crippen molar-refractivity contribution >= 4 is 53.5 Å². The number of halogens is 3. The lowest BCUT2D eigenvalue weighted by molar-refractivity contribution is 0.127. The molecule has 0 aliphatic heterocycles. The molecule has 0 fully saturated rings. The van der Waals surface area contributed by atoms with Gasteiger partial charge in [0.1, 0.15) is 24.7 Å². The predicted octanol–water partition coefficient (Wildman–Crippen LogP) is 6.20. The van der Waals surface area contributed by atoms with E-state index in [1.807, 2.05) is 32.1 Å². The molecule has 0 saturated carbocycles. The Morgan fingerprint density at radius 3 is 2.54 bits per heavy atom. The third-order valence-corrected chi connectivity index (χ3v) is 4.07. The topological polar surface area (TPSA) is 40.0 Å². The van der Waals surface area contributed by atoms with Crippen molar-refractivity contribution in [1.82, 2.24) is 0 Å². The highest BCUT2D eigenvalue weighted by Gasteiger charge is 2.10. The molecule has 0 unspecified atom stereocenters. The number of ether oxygens (including phenoxy) is 2. The van der Waals surface area contributed by atoms with Gasteiger partial charge in [0, 0.05) is 6.42 Å². The van der Waals surface area contributed by atoms with E-state index in [2.05, 4.69) is 59.9 Å². The molecular weight excluding hydrogens is 506 g/mol. The zero-order valence-corrected chi connectivity index (χ0v) is 18.8. The Kier molecular flexibility index (Phi) is 10.7. The number of benzene rings is 1. The summed E-state index contributed by atoms with van der Waals surface area (Å²) >= 11 is 10.2. The summed E-state index contributed by atoms with van der Waals surface area (Å²) in [5.41, 5.74) is 2.01. The van der Waals surface area contributed by atoms with Crippen LogP contribution in [0.4, 0.5) is 0 Å². The molecule has 1 rings (SSSR count). The molecule has 0 bridgehead atoms. The van der Waals surface area contributed by atoms with Gasteiger partial charge < -0.3 is 14.3 Å². The molecule has 0 radical (unpaired) electrons. The van der Waals surface area contributed by atoms with Gasteiger partial charge in [0.2, 0.25) is 0 Å². The SMILES string of the molecule is CCc1cc(OCC=C(Br)Br)cc(Br)c1OCCCON=C(C)C. The van der Waals surface area contributed by atoms with Crippen LogP contribution in [0.2, 0.25) is 0 Å². The Balaban J connectivity index is 2.60. The first-order chi connectivity index (χ1) is 11.4. The third kappa shape index (κ3) is 8.53. The van der Waals surface area contributed by atoms with Crippen molar-refractivity contribution in [1.29, 1.82) is 0 Å². The lowest BCUT2D eigenvalue weighted by Gasteiger charge is -2.14. The van der Waals surface area contributed by atoms with Crippen LogP contribution in [0.1, 0.15) is 32.8 Å². The second-order valence-electron chi connectivity index (χ2n) is 5.13. The van der Waals surface area contributed by atoms with Crippen molar-refractivity contribution in [3.63, 3.8) is 0 Å². The van der Waals surface area contributed by atoms with E-state index in [4.69, 9.17) is 14.3 Å². The largest absolute Gasteiger partial charge is 0.492 e. The van der Waals surface area contributed by atoms with Crippen LogP contribution in [0.15, 0.2) is 31.2 Å². The minimum Gasteiger partial charge on any atom is -0.492 e.